The van der Waals surface area contributed by atoms with Crippen LogP contribution in [0, 0.1) is 0 Å². The molecule has 2 unspecified atom stereocenters. The number of rotatable bonds is 2. The van der Waals surface area contributed by atoms with Gasteiger partial charge in [-0.1, -0.05) is 36.0 Å². The molecule has 0 saturated carbocycles. The molecule has 1 aliphatic heterocycles. The molecule has 0 bridgehead atoms. The molecule has 0 amide bonds. The van der Waals surface area contributed by atoms with Gasteiger partial charge in [-0.05, 0) is 29.5 Å². The molecule has 2 atom stereocenters. The lowest BCUT2D eigenvalue weighted by atomic mass is 10.1. The van der Waals surface area contributed by atoms with Crippen molar-refractivity contribution in [2.24, 2.45) is 0 Å². The van der Waals surface area contributed by atoms with Crippen LogP contribution >= 0.6 is 23.8 Å². The van der Waals surface area contributed by atoms with Crippen molar-refractivity contribution in [3.63, 3.8) is 0 Å². The van der Waals surface area contributed by atoms with Gasteiger partial charge in [0.25, 0.3) is 0 Å². The number of hydrogen-bond donors (Lipinski definition) is 2. The van der Waals surface area contributed by atoms with Crippen molar-refractivity contribution in [2.75, 3.05) is 0 Å². The van der Waals surface area contributed by atoms with Gasteiger partial charge in [0.1, 0.15) is 0 Å². The summed E-state index contributed by atoms with van der Waals surface area (Å²) in [6, 6.07) is 8.19. The van der Waals surface area contributed by atoms with Crippen molar-refractivity contribution in [2.45, 2.75) is 16.9 Å². The van der Waals surface area contributed by atoms with E-state index in [2.05, 4.69) is 12.1 Å². The standard InChI is InChI=1S/C10H11ClS3/c11-8-3-1-7(2-4-8)10-5-9(6-12)13-14-10/h1-4,6,9-10,13-14H,5H2. The Morgan fingerprint density at radius 1 is 1.29 bits per heavy atom. The van der Waals surface area contributed by atoms with Gasteiger partial charge in [0.05, 0.1) is 0 Å². The highest BCUT2D eigenvalue weighted by molar-refractivity contribution is 8.27. The topological polar surface area (TPSA) is 0 Å². The zero-order chi connectivity index (χ0) is 9.97. The van der Waals surface area contributed by atoms with Gasteiger partial charge in [-0.2, -0.15) is 20.6 Å². The van der Waals surface area contributed by atoms with Crippen molar-refractivity contribution in [3.8, 4) is 0 Å². The first-order chi connectivity index (χ1) is 6.79. The van der Waals surface area contributed by atoms with E-state index in [9.17, 15) is 0 Å². The first-order valence-corrected chi connectivity index (χ1v) is 7.88. The highest BCUT2D eigenvalue weighted by Crippen LogP contribution is 2.27. The summed E-state index contributed by atoms with van der Waals surface area (Å²) >= 11 is 10.8. The Kier molecular flexibility index (Phi) is 3.77. The predicted octanol–water partition coefficient (Wildman–Crippen LogP) is 2.70. The predicted molar refractivity (Wildman–Crippen MR) is 73.8 cm³/mol. The van der Waals surface area contributed by atoms with Crippen LogP contribution in [0.2, 0.25) is 5.02 Å². The van der Waals surface area contributed by atoms with E-state index >= 15 is 0 Å². The number of hydrogen-bond acceptors (Lipinski definition) is 1. The number of halogens is 1. The minimum atomic E-state index is 0.604. The quantitative estimate of drug-likeness (QED) is 0.611. The summed E-state index contributed by atoms with van der Waals surface area (Å²) in [6.45, 7) is 0. The summed E-state index contributed by atoms with van der Waals surface area (Å²) in [6.07, 6.45) is 1.19. The minimum absolute atomic E-state index is 0.604. The third-order valence-corrected chi connectivity index (χ3v) is 6.72. The monoisotopic (exact) mass is 262 g/mol. The van der Waals surface area contributed by atoms with E-state index in [1.165, 1.54) is 32.6 Å². The summed E-state index contributed by atoms with van der Waals surface area (Å²) in [5, 5.41) is 3.97. The Bertz CT molecular complexity index is 358. The minimum Gasteiger partial charge on any atom is -0.171 e. The number of thiol groups is 2. The summed E-state index contributed by atoms with van der Waals surface area (Å²) in [4.78, 5) is 0. The largest absolute Gasteiger partial charge is 0.171 e. The Morgan fingerprint density at radius 2 is 2.00 bits per heavy atom. The summed E-state index contributed by atoms with van der Waals surface area (Å²) in [7, 11) is 2.93. The lowest BCUT2D eigenvalue weighted by Gasteiger charge is -2.08. The van der Waals surface area contributed by atoms with Crippen molar-refractivity contribution in [3.05, 3.63) is 34.9 Å². The van der Waals surface area contributed by atoms with Crippen LogP contribution in [0.15, 0.2) is 24.3 Å². The normalized spacial score (nSPS) is 26.4. The van der Waals surface area contributed by atoms with Crippen LogP contribution in [0.1, 0.15) is 17.2 Å². The number of benzene rings is 1. The lowest BCUT2D eigenvalue weighted by Crippen LogP contribution is -2.03. The van der Waals surface area contributed by atoms with Crippen LogP contribution in [-0.4, -0.2) is 10.6 Å². The molecule has 0 aliphatic carbocycles. The molecule has 0 radical (unpaired) electrons. The third-order valence-electron chi connectivity index (χ3n) is 2.23. The van der Waals surface area contributed by atoms with Gasteiger partial charge < -0.3 is 0 Å². The van der Waals surface area contributed by atoms with Crippen molar-refractivity contribution in [1.82, 2.24) is 0 Å². The molecule has 2 rings (SSSR count). The molecule has 76 valence electrons. The Balaban J connectivity index is 2.14. The van der Waals surface area contributed by atoms with Gasteiger partial charge in [-0.25, -0.2) is 0 Å². The molecule has 14 heavy (non-hydrogen) atoms. The van der Waals surface area contributed by atoms with E-state index in [0.717, 1.165) is 5.02 Å². The van der Waals surface area contributed by atoms with Gasteiger partial charge in [0.2, 0.25) is 0 Å². The van der Waals surface area contributed by atoms with E-state index < -0.39 is 0 Å². The maximum atomic E-state index is 5.85. The maximum absolute atomic E-state index is 5.85. The van der Waals surface area contributed by atoms with Crippen LogP contribution in [0.4, 0.5) is 0 Å². The Hall–Kier alpha value is 0.300. The molecule has 1 aliphatic rings. The number of thiocarbonyl (C=S) groups is 1. The molecule has 0 saturated heterocycles. The van der Waals surface area contributed by atoms with E-state index in [-0.39, 0.29) is 0 Å². The average molecular weight is 263 g/mol. The fourth-order valence-corrected chi connectivity index (χ4v) is 5.80. The molecular weight excluding hydrogens is 252 g/mol. The summed E-state index contributed by atoms with van der Waals surface area (Å²) < 4.78 is 0. The second kappa shape index (κ2) is 4.88. The van der Waals surface area contributed by atoms with Gasteiger partial charge in [-0.3, -0.25) is 0 Å². The zero-order valence-electron chi connectivity index (χ0n) is 7.43. The first-order valence-electron chi connectivity index (χ1n) is 4.40. The smallest absolute Gasteiger partial charge is 0.0406 e. The van der Waals surface area contributed by atoms with Crippen molar-refractivity contribution in [1.29, 1.82) is 0 Å². The van der Waals surface area contributed by atoms with Crippen molar-refractivity contribution >= 4 is 49.8 Å². The van der Waals surface area contributed by atoms with Crippen LogP contribution in [0.5, 0.6) is 0 Å². The third kappa shape index (κ3) is 2.45. The molecule has 0 nitrogen and oxygen atoms in total. The summed E-state index contributed by atoms with van der Waals surface area (Å²) in [5.41, 5.74) is 1.39. The van der Waals surface area contributed by atoms with Gasteiger partial charge in [0, 0.05) is 15.5 Å². The zero-order valence-corrected chi connectivity index (χ0v) is 10.8. The second-order valence-corrected chi connectivity index (χ2v) is 7.08. The highest BCUT2D eigenvalue weighted by atomic mass is 35.5. The molecule has 0 N–H and O–H groups in total. The molecule has 1 aromatic rings. The van der Waals surface area contributed by atoms with E-state index in [0.29, 0.717) is 10.5 Å². The SMILES string of the molecule is S=CC1CC(c2ccc(Cl)cc2)[SH]=[SH]1. The second-order valence-electron chi connectivity index (χ2n) is 3.24. The summed E-state index contributed by atoms with van der Waals surface area (Å²) in [5.74, 6) is 0. The van der Waals surface area contributed by atoms with Crippen LogP contribution < -0.4 is 0 Å². The van der Waals surface area contributed by atoms with Gasteiger partial charge >= 0.3 is 0 Å². The average Bonchev–Trinajstić information content (AvgIpc) is 2.67. The molecule has 1 heterocycles. The fourth-order valence-electron chi connectivity index (χ4n) is 1.46. The van der Waals surface area contributed by atoms with Gasteiger partial charge in [0.15, 0.2) is 0 Å². The molecule has 0 fully saturated rings. The van der Waals surface area contributed by atoms with E-state index in [4.69, 9.17) is 23.8 Å². The van der Waals surface area contributed by atoms with Gasteiger partial charge in [-0.15, -0.1) is 0 Å². The highest BCUT2D eigenvalue weighted by Gasteiger charge is 2.17. The van der Waals surface area contributed by atoms with Crippen LogP contribution in [0.25, 0.3) is 0 Å². The molecular formula is C10H11ClS3. The maximum Gasteiger partial charge on any atom is 0.0406 e. The van der Waals surface area contributed by atoms with E-state index in [1.807, 2.05) is 17.5 Å². The Morgan fingerprint density at radius 3 is 2.57 bits per heavy atom. The van der Waals surface area contributed by atoms with Crippen LogP contribution in [0.3, 0.4) is 0 Å². The lowest BCUT2D eigenvalue weighted by molar-refractivity contribution is 0.880. The Labute approximate surface area is 101 Å². The first kappa shape index (κ1) is 10.8. The van der Waals surface area contributed by atoms with Crippen molar-refractivity contribution < 1.29 is 0 Å². The van der Waals surface area contributed by atoms with Crippen LogP contribution in [-0.2, 0) is 20.6 Å². The molecule has 4 heteroatoms. The molecule has 0 aromatic heterocycles. The molecule has 0 spiro atoms. The fraction of sp³-hybridized carbons (Fsp3) is 0.300. The molecule has 1 aromatic carbocycles. The van der Waals surface area contributed by atoms with E-state index in [1.54, 1.807) is 0 Å².